The molecule has 1 amide bonds. The Labute approximate surface area is 110 Å². The summed E-state index contributed by atoms with van der Waals surface area (Å²) >= 11 is 4.24. The van der Waals surface area contributed by atoms with Crippen LogP contribution in [-0.2, 0) is 4.79 Å². The molecule has 0 aliphatic heterocycles. The summed E-state index contributed by atoms with van der Waals surface area (Å²) in [6, 6.07) is 0. The van der Waals surface area contributed by atoms with Crippen molar-refractivity contribution in [3.8, 4) is 0 Å². The number of anilines is 2. The van der Waals surface area contributed by atoms with Gasteiger partial charge in [0.25, 0.3) is 0 Å². The third-order valence-corrected chi connectivity index (χ3v) is 4.82. The minimum atomic E-state index is -0.0729. The Hall–Kier alpha value is -1.12. The lowest BCUT2D eigenvalue weighted by molar-refractivity contribution is -0.113. The number of nitrogen functional groups attached to an aromatic ring is 1. The molecule has 0 fully saturated rings. The van der Waals surface area contributed by atoms with Gasteiger partial charge in [-0.15, -0.1) is 23.1 Å². The van der Waals surface area contributed by atoms with Crippen molar-refractivity contribution in [1.29, 1.82) is 0 Å². The Morgan fingerprint density at radius 2 is 2.47 bits per heavy atom. The topological polar surface area (TPSA) is 80.9 Å². The number of nitrogens with zero attached hydrogens (tertiary/aromatic N) is 2. The quantitative estimate of drug-likeness (QED) is 0.842. The molecule has 0 bridgehead atoms. The number of rotatable bonds is 4. The molecule has 0 saturated heterocycles. The first-order valence-electron chi connectivity index (χ1n) is 4.70. The number of nitrogens with two attached hydrogens (primary N) is 1. The van der Waals surface area contributed by atoms with Gasteiger partial charge in [0.15, 0.2) is 10.3 Å². The van der Waals surface area contributed by atoms with E-state index in [0.29, 0.717) is 16.0 Å². The number of amides is 1. The normalized spacial score (nSPS) is 10.4. The molecule has 0 saturated carbocycles. The lowest BCUT2D eigenvalue weighted by Gasteiger charge is -2.00. The maximum atomic E-state index is 11.6. The Balaban J connectivity index is 1.86. The van der Waals surface area contributed by atoms with Gasteiger partial charge >= 0.3 is 0 Å². The zero-order chi connectivity index (χ0) is 12.3. The van der Waals surface area contributed by atoms with Crippen LogP contribution in [0.2, 0.25) is 0 Å². The van der Waals surface area contributed by atoms with Crippen LogP contribution >= 0.6 is 34.4 Å². The van der Waals surface area contributed by atoms with Crippen molar-refractivity contribution in [2.75, 3.05) is 16.8 Å². The van der Waals surface area contributed by atoms with E-state index in [1.54, 1.807) is 6.20 Å². The standard InChI is InChI=1S/C9H10N4OS3/c1-5-7(17-8(10)12-5)16-4-6(14)13-9-11-2-3-15-9/h2-3H,4H2,1H3,(H2,10,12)(H,11,13,14). The number of aryl methyl sites for hydroxylation is 1. The van der Waals surface area contributed by atoms with Gasteiger partial charge in [-0.25, -0.2) is 9.97 Å². The molecule has 17 heavy (non-hydrogen) atoms. The number of carbonyl (C=O) groups is 1. The van der Waals surface area contributed by atoms with E-state index in [9.17, 15) is 4.79 Å². The fourth-order valence-corrected chi connectivity index (χ4v) is 3.48. The number of thiazole rings is 2. The second-order valence-electron chi connectivity index (χ2n) is 3.10. The maximum absolute atomic E-state index is 11.6. The van der Waals surface area contributed by atoms with Gasteiger partial charge in [-0.1, -0.05) is 11.3 Å². The van der Waals surface area contributed by atoms with E-state index in [1.165, 1.54) is 34.4 Å². The van der Waals surface area contributed by atoms with Crippen molar-refractivity contribution in [1.82, 2.24) is 9.97 Å². The summed E-state index contributed by atoms with van der Waals surface area (Å²) in [5.41, 5.74) is 6.46. The Morgan fingerprint density at radius 1 is 1.65 bits per heavy atom. The van der Waals surface area contributed by atoms with Crippen LogP contribution in [-0.4, -0.2) is 21.6 Å². The summed E-state index contributed by atoms with van der Waals surface area (Å²) in [4.78, 5) is 19.7. The lowest BCUT2D eigenvalue weighted by atomic mass is 10.6. The third kappa shape index (κ3) is 3.42. The molecule has 3 N–H and O–H groups in total. The molecule has 0 aromatic carbocycles. The first kappa shape index (κ1) is 12.3. The van der Waals surface area contributed by atoms with E-state index in [2.05, 4.69) is 15.3 Å². The molecule has 90 valence electrons. The molecule has 0 spiro atoms. The van der Waals surface area contributed by atoms with Crippen LogP contribution in [0.3, 0.4) is 0 Å². The number of thioether (sulfide) groups is 1. The average Bonchev–Trinajstić information content (AvgIpc) is 2.86. The van der Waals surface area contributed by atoms with Crippen molar-refractivity contribution in [3.05, 3.63) is 17.3 Å². The van der Waals surface area contributed by atoms with E-state index in [1.807, 2.05) is 12.3 Å². The molecular formula is C9H10N4OS3. The molecule has 2 aromatic heterocycles. The van der Waals surface area contributed by atoms with E-state index in [4.69, 9.17) is 5.73 Å². The summed E-state index contributed by atoms with van der Waals surface area (Å²) in [5.74, 6) is 0.263. The van der Waals surface area contributed by atoms with Gasteiger partial charge in [0.05, 0.1) is 15.7 Å². The average molecular weight is 286 g/mol. The molecule has 0 radical (unpaired) electrons. The minimum Gasteiger partial charge on any atom is -0.375 e. The van der Waals surface area contributed by atoms with Gasteiger partial charge in [-0.05, 0) is 6.92 Å². The van der Waals surface area contributed by atoms with Crippen LogP contribution in [0.4, 0.5) is 10.3 Å². The Bertz CT molecular complexity index is 508. The van der Waals surface area contributed by atoms with Gasteiger partial charge in [0.2, 0.25) is 5.91 Å². The molecule has 8 heteroatoms. The van der Waals surface area contributed by atoms with Crippen LogP contribution in [0.25, 0.3) is 0 Å². The smallest absolute Gasteiger partial charge is 0.236 e. The number of hydrogen-bond donors (Lipinski definition) is 2. The third-order valence-electron chi connectivity index (χ3n) is 1.78. The van der Waals surface area contributed by atoms with E-state index < -0.39 is 0 Å². The van der Waals surface area contributed by atoms with Crippen LogP contribution in [0.15, 0.2) is 15.8 Å². The van der Waals surface area contributed by atoms with Crippen LogP contribution in [0, 0.1) is 6.92 Å². The largest absolute Gasteiger partial charge is 0.375 e. The monoisotopic (exact) mass is 286 g/mol. The summed E-state index contributed by atoms with van der Waals surface area (Å²) in [6.07, 6.45) is 1.65. The lowest BCUT2D eigenvalue weighted by Crippen LogP contribution is -2.13. The van der Waals surface area contributed by atoms with Gasteiger partial charge in [0, 0.05) is 11.6 Å². The van der Waals surface area contributed by atoms with Gasteiger partial charge in [0.1, 0.15) is 0 Å². The first-order chi connectivity index (χ1) is 8.15. The highest BCUT2D eigenvalue weighted by molar-refractivity contribution is 8.01. The second-order valence-corrected chi connectivity index (χ2v) is 6.27. The minimum absolute atomic E-state index is 0.0729. The number of aromatic nitrogens is 2. The first-order valence-corrected chi connectivity index (χ1v) is 7.38. The summed E-state index contributed by atoms with van der Waals surface area (Å²) < 4.78 is 0.983. The highest BCUT2D eigenvalue weighted by Gasteiger charge is 2.09. The van der Waals surface area contributed by atoms with E-state index in [-0.39, 0.29) is 5.91 Å². The van der Waals surface area contributed by atoms with Crippen LogP contribution in [0.1, 0.15) is 5.69 Å². The zero-order valence-electron chi connectivity index (χ0n) is 8.97. The predicted molar refractivity (Wildman–Crippen MR) is 72.7 cm³/mol. The van der Waals surface area contributed by atoms with Crippen molar-refractivity contribution < 1.29 is 4.79 Å². The predicted octanol–water partition coefficient (Wildman–Crippen LogP) is 2.22. The molecule has 2 heterocycles. The zero-order valence-corrected chi connectivity index (χ0v) is 11.4. The summed E-state index contributed by atoms with van der Waals surface area (Å²) in [5, 5.41) is 5.69. The Morgan fingerprint density at radius 3 is 3.06 bits per heavy atom. The SMILES string of the molecule is Cc1nc(N)sc1SCC(=O)Nc1nccs1. The fourth-order valence-electron chi connectivity index (χ4n) is 1.11. The highest BCUT2D eigenvalue weighted by Crippen LogP contribution is 2.30. The van der Waals surface area contributed by atoms with Crippen molar-refractivity contribution in [2.24, 2.45) is 0 Å². The van der Waals surface area contributed by atoms with Crippen molar-refractivity contribution in [2.45, 2.75) is 11.1 Å². The molecule has 0 aliphatic rings. The van der Waals surface area contributed by atoms with Gasteiger partial charge in [-0.2, -0.15) is 0 Å². The number of carbonyl (C=O) groups excluding carboxylic acids is 1. The van der Waals surface area contributed by atoms with Gasteiger partial charge < -0.3 is 11.1 Å². The molecule has 2 aromatic rings. The maximum Gasteiger partial charge on any atom is 0.236 e. The molecule has 2 rings (SSSR count). The fraction of sp³-hybridized carbons (Fsp3) is 0.222. The summed E-state index contributed by atoms with van der Waals surface area (Å²) in [6.45, 7) is 1.88. The Kier molecular flexibility index (Phi) is 3.97. The van der Waals surface area contributed by atoms with Crippen LogP contribution < -0.4 is 11.1 Å². The van der Waals surface area contributed by atoms with Gasteiger partial charge in [-0.3, -0.25) is 4.79 Å². The molecule has 0 unspecified atom stereocenters. The van der Waals surface area contributed by atoms with E-state index in [0.717, 1.165) is 9.90 Å². The molecule has 0 atom stereocenters. The van der Waals surface area contributed by atoms with Crippen molar-refractivity contribution in [3.63, 3.8) is 0 Å². The van der Waals surface area contributed by atoms with E-state index >= 15 is 0 Å². The van der Waals surface area contributed by atoms with Crippen LogP contribution in [0.5, 0.6) is 0 Å². The number of nitrogens with one attached hydrogen (secondary N) is 1. The number of hydrogen-bond acceptors (Lipinski definition) is 7. The second kappa shape index (κ2) is 5.48. The molecule has 5 nitrogen and oxygen atoms in total. The summed E-state index contributed by atoms with van der Waals surface area (Å²) in [7, 11) is 0. The van der Waals surface area contributed by atoms with Crippen molar-refractivity contribution >= 4 is 50.6 Å². The molecular weight excluding hydrogens is 276 g/mol. The molecule has 0 aliphatic carbocycles. The highest BCUT2D eigenvalue weighted by atomic mass is 32.2.